The van der Waals surface area contributed by atoms with Crippen LogP contribution in [0, 0.1) is 16.7 Å². The fraction of sp³-hybridized carbons (Fsp3) is 0.750. The first-order valence-corrected chi connectivity index (χ1v) is 5.18. The molecule has 0 aromatic rings. The smallest absolute Gasteiger partial charge is 0.310 e. The predicted molar refractivity (Wildman–Crippen MR) is 57.1 cm³/mol. The van der Waals surface area contributed by atoms with E-state index in [0.717, 1.165) is 12.8 Å². The Bertz CT molecular complexity index is 255. The molecule has 80 valence electrons. The highest BCUT2D eigenvalue weighted by molar-refractivity contribution is 5.76. The van der Waals surface area contributed by atoms with Crippen molar-refractivity contribution in [3.63, 3.8) is 0 Å². The molecular formula is C12H20O2. The molecule has 2 unspecified atom stereocenters. The Labute approximate surface area is 86.0 Å². The number of hydrogen-bond acceptors (Lipinski definition) is 1. The molecule has 0 amide bonds. The number of rotatable bonds is 3. The van der Waals surface area contributed by atoms with Crippen LogP contribution in [0.4, 0.5) is 0 Å². The summed E-state index contributed by atoms with van der Waals surface area (Å²) in [4.78, 5) is 11.4. The van der Waals surface area contributed by atoms with E-state index >= 15 is 0 Å². The maximum atomic E-state index is 11.4. The third-order valence-electron chi connectivity index (χ3n) is 3.53. The van der Waals surface area contributed by atoms with Crippen molar-refractivity contribution in [2.24, 2.45) is 16.7 Å². The van der Waals surface area contributed by atoms with Gasteiger partial charge in [-0.05, 0) is 30.6 Å². The van der Waals surface area contributed by atoms with Crippen LogP contribution in [-0.2, 0) is 4.79 Å². The van der Waals surface area contributed by atoms with Crippen molar-refractivity contribution in [2.75, 3.05) is 0 Å². The van der Waals surface area contributed by atoms with Gasteiger partial charge in [0.25, 0.3) is 0 Å². The maximum Gasteiger partial charge on any atom is 0.310 e. The minimum atomic E-state index is -0.657. The molecule has 0 saturated heterocycles. The van der Waals surface area contributed by atoms with Gasteiger partial charge in [0.15, 0.2) is 0 Å². The predicted octanol–water partition coefficient (Wildman–Crippen LogP) is 3.09. The van der Waals surface area contributed by atoms with Crippen molar-refractivity contribution in [1.82, 2.24) is 0 Å². The van der Waals surface area contributed by atoms with Gasteiger partial charge >= 0.3 is 5.97 Å². The van der Waals surface area contributed by atoms with Crippen LogP contribution < -0.4 is 0 Å². The zero-order valence-electron chi connectivity index (χ0n) is 9.34. The van der Waals surface area contributed by atoms with Gasteiger partial charge in [-0.15, -0.1) is 6.58 Å². The van der Waals surface area contributed by atoms with Crippen molar-refractivity contribution < 1.29 is 9.90 Å². The van der Waals surface area contributed by atoms with Crippen LogP contribution in [0.3, 0.4) is 0 Å². The molecule has 0 aliphatic heterocycles. The topological polar surface area (TPSA) is 37.3 Å². The summed E-state index contributed by atoms with van der Waals surface area (Å²) in [5.41, 5.74) is -0.411. The Morgan fingerprint density at radius 3 is 2.50 bits per heavy atom. The molecule has 1 fully saturated rings. The van der Waals surface area contributed by atoms with E-state index in [9.17, 15) is 9.90 Å². The highest BCUT2D eigenvalue weighted by atomic mass is 16.4. The van der Waals surface area contributed by atoms with Gasteiger partial charge in [0.05, 0.1) is 5.41 Å². The van der Waals surface area contributed by atoms with Crippen molar-refractivity contribution in [3.8, 4) is 0 Å². The summed E-state index contributed by atoms with van der Waals surface area (Å²) in [5, 5.41) is 9.35. The number of allylic oxidation sites excluding steroid dienone is 1. The number of carbonyl (C=O) groups is 1. The number of carboxylic acid groups (broad SMARTS) is 1. The third kappa shape index (κ3) is 1.70. The first kappa shape index (κ1) is 11.3. The maximum absolute atomic E-state index is 11.4. The molecule has 1 rings (SSSR count). The molecule has 0 aromatic carbocycles. The van der Waals surface area contributed by atoms with Gasteiger partial charge in [-0.25, -0.2) is 0 Å². The monoisotopic (exact) mass is 196 g/mol. The van der Waals surface area contributed by atoms with Crippen LogP contribution >= 0.6 is 0 Å². The van der Waals surface area contributed by atoms with Crippen LogP contribution in [0.25, 0.3) is 0 Å². The van der Waals surface area contributed by atoms with Gasteiger partial charge in [-0.2, -0.15) is 0 Å². The van der Waals surface area contributed by atoms with E-state index in [-0.39, 0.29) is 11.3 Å². The minimum Gasteiger partial charge on any atom is -0.481 e. The van der Waals surface area contributed by atoms with Gasteiger partial charge in [-0.1, -0.05) is 26.8 Å². The molecule has 0 bridgehead atoms. The van der Waals surface area contributed by atoms with Gasteiger partial charge in [0, 0.05) is 0 Å². The zero-order chi connectivity index (χ0) is 11.0. The second-order valence-electron chi connectivity index (χ2n) is 5.40. The first-order valence-electron chi connectivity index (χ1n) is 5.18. The van der Waals surface area contributed by atoms with Crippen molar-refractivity contribution in [1.29, 1.82) is 0 Å². The normalized spacial score (nSPS) is 35.5. The summed E-state index contributed by atoms with van der Waals surface area (Å²) < 4.78 is 0. The molecule has 2 atom stereocenters. The molecule has 0 aromatic heterocycles. The van der Waals surface area contributed by atoms with Gasteiger partial charge in [0.2, 0.25) is 0 Å². The van der Waals surface area contributed by atoms with E-state index in [2.05, 4.69) is 20.4 Å². The molecule has 2 nitrogen and oxygen atoms in total. The molecular weight excluding hydrogens is 176 g/mol. The fourth-order valence-electron chi connectivity index (χ4n) is 3.03. The fourth-order valence-corrected chi connectivity index (χ4v) is 3.03. The molecule has 1 N–H and O–H groups in total. The van der Waals surface area contributed by atoms with Crippen molar-refractivity contribution in [2.45, 2.75) is 40.0 Å². The van der Waals surface area contributed by atoms with Crippen LogP contribution in [0.2, 0.25) is 0 Å². The minimum absolute atomic E-state index is 0.154. The summed E-state index contributed by atoms with van der Waals surface area (Å²) in [5.74, 6) is -0.413. The first-order chi connectivity index (χ1) is 6.34. The lowest BCUT2D eigenvalue weighted by Crippen LogP contribution is -2.33. The van der Waals surface area contributed by atoms with Gasteiger partial charge in [0.1, 0.15) is 0 Å². The van der Waals surface area contributed by atoms with E-state index in [0.29, 0.717) is 6.42 Å². The molecule has 1 saturated carbocycles. The SMILES string of the molecule is C=CCC1(C(=O)O)CC(C)(C)CC1C. The van der Waals surface area contributed by atoms with E-state index < -0.39 is 11.4 Å². The van der Waals surface area contributed by atoms with E-state index in [1.54, 1.807) is 6.08 Å². The summed E-state index contributed by atoms with van der Waals surface area (Å²) in [6, 6.07) is 0. The van der Waals surface area contributed by atoms with Crippen LogP contribution in [0.15, 0.2) is 12.7 Å². The average molecular weight is 196 g/mol. The molecule has 0 spiro atoms. The van der Waals surface area contributed by atoms with E-state index in [1.165, 1.54) is 0 Å². The second-order valence-corrected chi connectivity index (χ2v) is 5.40. The van der Waals surface area contributed by atoms with Crippen LogP contribution in [-0.4, -0.2) is 11.1 Å². The largest absolute Gasteiger partial charge is 0.481 e. The van der Waals surface area contributed by atoms with E-state index in [1.807, 2.05) is 6.92 Å². The Morgan fingerprint density at radius 2 is 2.21 bits per heavy atom. The summed E-state index contributed by atoms with van der Waals surface area (Å²) >= 11 is 0. The molecule has 1 aliphatic carbocycles. The van der Waals surface area contributed by atoms with Gasteiger partial charge in [-0.3, -0.25) is 4.79 Å². The Morgan fingerprint density at radius 1 is 1.64 bits per heavy atom. The summed E-state index contributed by atoms with van der Waals surface area (Å²) in [6.45, 7) is 10.0. The van der Waals surface area contributed by atoms with Gasteiger partial charge < -0.3 is 5.11 Å². The summed E-state index contributed by atoms with van der Waals surface area (Å²) in [6.07, 6.45) is 4.09. The number of hydrogen-bond donors (Lipinski definition) is 1. The molecule has 0 radical (unpaired) electrons. The number of carboxylic acids is 1. The Kier molecular flexibility index (Phi) is 2.75. The van der Waals surface area contributed by atoms with Crippen LogP contribution in [0.1, 0.15) is 40.0 Å². The quantitative estimate of drug-likeness (QED) is 0.704. The molecule has 0 heterocycles. The second kappa shape index (κ2) is 3.41. The lowest BCUT2D eigenvalue weighted by Gasteiger charge is -2.28. The third-order valence-corrected chi connectivity index (χ3v) is 3.53. The standard InChI is InChI=1S/C12H20O2/c1-5-6-12(10(13)14)8-11(3,4)7-9(12)2/h5,9H,1,6-8H2,2-4H3,(H,13,14). The Balaban J connectivity index is 2.99. The highest BCUT2D eigenvalue weighted by Crippen LogP contribution is 2.54. The summed E-state index contributed by atoms with van der Waals surface area (Å²) in [7, 11) is 0. The van der Waals surface area contributed by atoms with Crippen molar-refractivity contribution in [3.05, 3.63) is 12.7 Å². The number of aliphatic carboxylic acids is 1. The lowest BCUT2D eigenvalue weighted by molar-refractivity contribution is -0.151. The molecule has 2 heteroatoms. The van der Waals surface area contributed by atoms with Crippen molar-refractivity contribution >= 4 is 5.97 Å². The zero-order valence-corrected chi connectivity index (χ0v) is 9.34. The Hall–Kier alpha value is -0.790. The molecule has 1 aliphatic rings. The molecule has 14 heavy (non-hydrogen) atoms. The highest BCUT2D eigenvalue weighted by Gasteiger charge is 2.52. The lowest BCUT2D eigenvalue weighted by atomic mass is 9.75. The van der Waals surface area contributed by atoms with Crippen LogP contribution in [0.5, 0.6) is 0 Å². The average Bonchev–Trinajstić information content (AvgIpc) is 2.23. The van der Waals surface area contributed by atoms with E-state index in [4.69, 9.17) is 0 Å².